The van der Waals surface area contributed by atoms with Gasteiger partial charge in [-0.3, -0.25) is 4.79 Å². The Kier molecular flexibility index (Phi) is 6.82. The maximum atomic E-state index is 13.9. The molecule has 2 aliphatic rings. The molecule has 12 heteroatoms. The Hall–Kier alpha value is -2.34. The van der Waals surface area contributed by atoms with Crippen molar-refractivity contribution < 1.29 is 36.2 Å². The Morgan fingerprint density at radius 1 is 1.17 bits per heavy atom. The molecule has 1 fully saturated rings. The molecule has 0 spiro atoms. The number of carboxylic acid groups (broad SMARTS) is 1. The summed E-state index contributed by atoms with van der Waals surface area (Å²) < 4.78 is 71.6. The number of hydrogen-bond donors (Lipinski definition) is 2. The predicted molar refractivity (Wildman–Crippen MR) is 124 cm³/mol. The second kappa shape index (κ2) is 9.27. The van der Waals surface area contributed by atoms with Crippen LogP contribution in [0.25, 0.3) is 11.1 Å². The van der Waals surface area contributed by atoms with E-state index in [1.165, 1.54) is 16.4 Å². The van der Waals surface area contributed by atoms with Gasteiger partial charge in [0, 0.05) is 25.2 Å². The van der Waals surface area contributed by atoms with Crippen molar-refractivity contribution in [2.75, 3.05) is 13.1 Å². The largest absolute Gasteiger partial charge is 0.573 e. The summed E-state index contributed by atoms with van der Waals surface area (Å²) in [5.74, 6) is -3.10. The van der Waals surface area contributed by atoms with Gasteiger partial charge in [-0.05, 0) is 54.7 Å². The van der Waals surface area contributed by atoms with E-state index >= 15 is 0 Å². The van der Waals surface area contributed by atoms with E-state index in [2.05, 4.69) is 10.1 Å². The van der Waals surface area contributed by atoms with Crippen LogP contribution in [-0.4, -0.2) is 55.3 Å². The number of ether oxygens (including phenoxy) is 1. The summed E-state index contributed by atoms with van der Waals surface area (Å²) in [6.45, 7) is 4.40. The molecule has 2 N–H and O–H groups in total. The van der Waals surface area contributed by atoms with Crippen LogP contribution in [0.15, 0.2) is 36.4 Å². The van der Waals surface area contributed by atoms with Gasteiger partial charge in [-0.15, -0.1) is 13.2 Å². The topological polar surface area (TPSA) is 95.9 Å². The second-order valence-corrected chi connectivity index (χ2v) is 11.2. The first kappa shape index (κ1) is 25.7. The van der Waals surface area contributed by atoms with E-state index in [4.69, 9.17) is 11.6 Å². The van der Waals surface area contributed by atoms with Crippen LogP contribution in [0.4, 0.5) is 13.2 Å². The molecule has 7 nitrogen and oxygen atoms in total. The number of benzene rings is 2. The zero-order valence-corrected chi connectivity index (χ0v) is 20.4. The number of carbonyl (C=O) groups is 1. The van der Waals surface area contributed by atoms with Gasteiger partial charge in [-0.2, -0.15) is 4.31 Å². The number of aliphatic carboxylic acids is 1. The van der Waals surface area contributed by atoms with Crippen LogP contribution in [-0.2, 0) is 21.2 Å². The minimum atomic E-state index is -4.95. The standard InChI is InChI=1S/C23H24ClF3N2O5S/c1-12-10-28-11-13(2)29(12)35(32,33)21-16-5-3-4-15(17(16)9-18(21)22(30)31)14-6-7-19(24)20(8-14)34-23(25,26)27/h3-8,12-13,18,21,28H,9-11H2,1-2H3,(H,30,31). The summed E-state index contributed by atoms with van der Waals surface area (Å²) in [5, 5.41) is 11.6. The van der Waals surface area contributed by atoms with Gasteiger partial charge >= 0.3 is 12.3 Å². The molecule has 1 heterocycles. The molecule has 0 amide bonds. The van der Waals surface area contributed by atoms with E-state index in [-0.39, 0.29) is 23.5 Å². The number of nitrogens with one attached hydrogen (secondary N) is 1. The maximum absolute atomic E-state index is 13.9. The Bertz CT molecular complexity index is 1240. The van der Waals surface area contributed by atoms with Crippen molar-refractivity contribution >= 4 is 27.6 Å². The summed E-state index contributed by atoms with van der Waals surface area (Å²) in [7, 11) is -4.09. The van der Waals surface area contributed by atoms with Crippen molar-refractivity contribution in [2.45, 2.75) is 44.0 Å². The van der Waals surface area contributed by atoms with Crippen LogP contribution in [0.2, 0.25) is 5.02 Å². The molecule has 1 aliphatic carbocycles. The molecule has 2 aromatic carbocycles. The van der Waals surface area contributed by atoms with Crippen molar-refractivity contribution in [1.82, 2.24) is 9.62 Å². The summed E-state index contributed by atoms with van der Waals surface area (Å²) in [5.41, 5.74) is 1.53. The molecule has 4 rings (SSSR count). The SMILES string of the molecule is CC1CNCC(C)N1S(=O)(=O)C1c2cccc(-c3ccc(Cl)c(OC(F)(F)F)c3)c2CC1C(=O)O. The third-order valence-corrected chi connectivity index (χ3v) is 9.30. The van der Waals surface area contributed by atoms with E-state index in [0.717, 1.165) is 6.07 Å². The third-order valence-electron chi connectivity index (χ3n) is 6.46. The molecule has 35 heavy (non-hydrogen) atoms. The van der Waals surface area contributed by atoms with E-state index in [1.807, 2.05) is 0 Å². The van der Waals surface area contributed by atoms with Gasteiger partial charge in [-0.1, -0.05) is 35.9 Å². The number of alkyl halides is 3. The van der Waals surface area contributed by atoms with Crippen LogP contribution < -0.4 is 10.1 Å². The van der Waals surface area contributed by atoms with Crippen molar-refractivity contribution in [3.8, 4) is 16.9 Å². The number of nitrogens with zero attached hydrogens (tertiary/aromatic N) is 1. The van der Waals surface area contributed by atoms with Crippen LogP contribution in [0.1, 0.15) is 30.2 Å². The molecule has 4 unspecified atom stereocenters. The van der Waals surface area contributed by atoms with Crippen LogP contribution in [0, 0.1) is 5.92 Å². The molecule has 0 radical (unpaired) electrons. The molecule has 1 aliphatic heterocycles. The first-order valence-electron chi connectivity index (χ1n) is 10.9. The van der Waals surface area contributed by atoms with Gasteiger partial charge in [0.15, 0.2) is 0 Å². The van der Waals surface area contributed by atoms with Gasteiger partial charge in [0.05, 0.1) is 10.9 Å². The van der Waals surface area contributed by atoms with Crippen molar-refractivity contribution in [2.24, 2.45) is 5.92 Å². The number of sulfonamides is 1. The molecule has 2 aromatic rings. The Labute approximate surface area is 205 Å². The lowest BCUT2D eigenvalue weighted by molar-refractivity contribution is -0.274. The number of hydrogen-bond acceptors (Lipinski definition) is 5. The molecular weight excluding hydrogens is 509 g/mol. The molecule has 0 bridgehead atoms. The fourth-order valence-corrected chi connectivity index (χ4v) is 7.86. The van der Waals surface area contributed by atoms with Crippen LogP contribution in [0.5, 0.6) is 5.75 Å². The molecule has 0 aromatic heterocycles. The van der Waals surface area contributed by atoms with Gasteiger partial charge in [0.25, 0.3) is 0 Å². The molecule has 0 saturated carbocycles. The van der Waals surface area contributed by atoms with Gasteiger partial charge in [0.1, 0.15) is 11.0 Å². The van der Waals surface area contributed by atoms with E-state index < -0.39 is 39.3 Å². The van der Waals surface area contributed by atoms with E-state index in [1.54, 1.807) is 32.0 Å². The second-order valence-electron chi connectivity index (χ2n) is 8.87. The highest BCUT2D eigenvalue weighted by molar-refractivity contribution is 7.89. The van der Waals surface area contributed by atoms with Crippen LogP contribution >= 0.6 is 11.6 Å². The lowest BCUT2D eigenvalue weighted by Crippen LogP contribution is -2.58. The van der Waals surface area contributed by atoms with E-state index in [9.17, 15) is 31.5 Å². The van der Waals surface area contributed by atoms with Gasteiger partial charge in [-0.25, -0.2) is 8.42 Å². The molecule has 190 valence electrons. The first-order valence-corrected chi connectivity index (χ1v) is 12.8. The number of fused-ring (bicyclic) bond motifs is 1. The number of carboxylic acids is 1. The van der Waals surface area contributed by atoms with Crippen molar-refractivity contribution in [3.63, 3.8) is 0 Å². The summed E-state index contributed by atoms with van der Waals surface area (Å²) in [6, 6.07) is 7.87. The molecular formula is C23H24ClF3N2O5S. The zero-order valence-electron chi connectivity index (χ0n) is 18.8. The molecule has 4 atom stereocenters. The fourth-order valence-electron chi connectivity index (χ4n) is 5.12. The predicted octanol–water partition coefficient (Wildman–Crippen LogP) is 4.22. The Morgan fingerprint density at radius 3 is 2.43 bits per heavy atom. The highest BCUT2D eigenvalue weighted by atomic mass is 35.5. The highest BCUT2D eigenvalue weighted by Crippen LogP contribution is 2.48. The number of piperazine rings is 1. The van der Waals surface area contributed by atoms with Crippen LogP contribution in [0.3, 0.4) is 0 Å². The Balaban J connectivity index is 1.83. The summed E-state index contributed by atoms with van der Waals surface area (Å²) in [6.07, 6.45) is -5.04. The first-order chi connectivity index (χ1) is 16.3. The normalized spacial score (nSPS) is 25.3. The van der Waals surface area contributed by atoms with Crippen molar-refractivity contribution in [3.05, 3.63) is 52.5 Å². The Morgan fingerprint density at radius 2 is 1.83 bits per heavy atom. The zero-order chi connectivity index (χ0) is 25.7. The minimum absolute atomic E-state index is 0.0856. The highest BCUT2D eigenvalue weighted by Gasteiger charge is 2.50. The maximum Gasteiger partial charge on any atom is 0.573 e. The smallest absolute Gasteiger partial charge is 0.481 e. The monoisotopic (exact) mass is 532 g/mol. The number of halogens is 4. The lowest BCUT2D eigenvalue weighted by atomic mass is 9.96. The molecule has 1 saturated heterocycles. The summed E-state index contributed by atoms with van der Waals surface area (Å²) >= 11 is 5.88. The fraction of sp³-hybridized carbons (Fsp3) is 0.435. The van der Waals surface area contributed by atoms with Crippen molar-refractivity contribution in [1.29, 1.82) is 0 Å². The number of rotatable bonds is 5. The third kappa shape index (κ3) is 4.87. The quantitative estimate of drug-likeness (QED) is 0.599. The van der Waals surface area contributed by atoms with Gasteiger partial charge in [0.2, 0.25) is 10.0 Å². The summed E-state index contributed by atoms with van der Waals surface area (Å²) in [4.78, 5) is 12.2. The van der Waals surface area contributed by atoms with Gasteiger partial charge < -0.3 is 15.2 Å². The average Bonchev–Trinajstić information content (AvgIpc) is 3.15. The van der Waals surface area contributed by atoms with E-state index in [0.29, 0.717) is 35.3 Å². The minimum Gasteiger partial charge on any atom is -0.481 e. The average molecular weight is 533 g/mol. The lowest BCUT2D eigenvalue weighted by Gasteiger charge is -2.40.